The molecular formula is C61H112O6. The lowest BCUT2D eigenvalue weighted by Crippen LogP contribution is -2.30. The average molecular weight is 942 g/mol. The lowest BCUT2D eigenvalue weighted by Gasteiger charge is -2.18. The molecule has 67 heavy (non-hydrogen) atoms. The highest BCUT2D eigenvalue weighted by atomic mass is 16.6. The number of rotatable bonds is 54. The molecule has 1 atom stereocenters. The molecular weight excluding hydrogens is 829 g/mol. The monoisotopic (exact) mass is 941 g/mol. The van der Waals surface area contributed by atoms with Crippen LogP contribution in [0.4, 0.5) is 0 Å². The van der Waals surface area contributed by atoms with Gasteiger partial charge >= 0.3 is 17.9 Å². The number of hydrogen-bond acceptors (Lipinski definition) is 6. The van der Waals surface area contributed by atoms with E-state index in [4.69, 9.17) is 14.2 Å². The van der Waals surface area contributed by atoms with E-state index in [1.807, 2.05) is 0 Å². The fourth-order valence-electron chi connectivity index (χ4n) is 8.58. The molecule has 0 saturated carbocycles. The summed E-state index contributed by atoms with van der Waals surface area (Å²) in [7, 11) is 0. The Morgan fingerprint density at radius 2 is 0.507 bits per heavy atom. The molecule has 0 aromatic heterocycles. The molecule has 0 saturated heterocycles. The molecule has 0 aliphatic rings. The Morgan fingerprint density at radius 1 is 0.284 bits per heavy atom. The number of unbranched alkanes of at least 4 members (excludes halogenated alkanes) is 37. The van der Waals surface area contributed by atoms with Crippen LogP contribution in [0.25, 0.3) is 0 Å². The minimum Gasteiger partial charge on any atom is -0.462 e. The number of hydrogen-bond donors (Lipinski definition) is 0. The second-order valence-electron chi connectivity index (χ2n) is 19.9. The molecule has 392 valence electrons. The molecule has 0 aliphatic carbocycles. The van der Waals surface area contributed by atoms with E-state index in [0.29, 0.717) is 19.3 Å². The van der Waals surface area contributed by atoms with Crippen LogP contribution in [-0.4, -0.2) is 37.2 Å². The number of esters is 3. The number of ether oxygens (including phenoxy) is 3. The van der Waals surface area contributed by atoms with E-state index in [-0.39, 0.29) is 31.1 Å². The Balaban J connectivity index is 4.11. The van der Waals surface area contributed by atoms with E-state index in [1.54, 1.807) is 0 Å². The molecule has 0 fully saturated rings. The maximum absolute atomic E-state index is 12.8. The standard InChI is InChI=1S/C61H112O6/c1-4-7-10-13-16-19-22-23-24-25-26-27-28-29-30-31-32-33-34-35-36-37-40-42-45-48-51-54-60(63)66-57-58(67-61(64)55-52-49-46-43-39-21-18-15-12-9-6-3)56-65-59(62)53-50-47-44-41-38-20-17-14-11-8-5-2/h14-15,17-18,25-26,58H,4-13,16,19-24,27-57H2,1-3H3/b17-14-,18-15-,26-25-. The minimum atomic E-state index is -0.776. The molecule has 1 unspecified atom stereocenters. The highest BCUT2D eigenvalue weighted by Gasteiger charge is 2.19. The molecule has 0 aliphatic heterocycles. The van der Waals surface area contributed by atoms with Crippen LogP contribution in [0.5, 0.6) is 0 Å². The van der Waals surface area contributed by atoms with Crippen LogP contribution >= 0.6 is 0 Å². The highest BCUT2D eigenvalue weighted by molar-refractivity contribution is 5.71. The SMILES string of the molecule is CCCC/C=C\CCCCCCCC(=O)OCC(COC(=O)CCCCCCCCCCCCCCCCC/C=C\CCCCCCCCCC)OC(=O)CCCCCCC/C=C\CCCC. The van der Waals surface area contributed by atoms with Crippen molar-refractivity contribution in [3.63, 3.8) is 0 Å². The van der Waals surface area contributed by atoms with Crippen molar-refractivity contribution in [2.45, 2.75) is 322 Å². The Bertz CT molecular complexity index is 1130. The Labute approximate surface area is 416 Å². The third-order valence-corrected chi connectivity index (χ3v) is 13.1. The first kappa shape index (κ1) is 64.6. The zero-order valence-electron chi connectivity index (χ0n) is 44.9. The zero-order valence-corrected chi connectivity index (χ0v) is 44.9. The van der Waals surface area contributed by atoms with Crippen molar-refractivity contribution in [1.82, 2.24) is 0 Å². The highest BCUT2D eigenvalue weighted by Crippen LogP contribution is 2.16. The maximum atomic E-state index is 12.8. The third kappa shape index (κ3) is 54.4. The first-order chi connectivity index (χ1) is 33.0. The molecule has 0 aromatic carbocycles. The van der Waals surface area contributed by atoms with Crippen molar-refractivity contribution in [2.24, 2.45) is 0 Å². The molecule has 0 bridgehead atoms. The smallest absolute Gasteiger partial charge is 0.306 e. The van der Waals surface area contributed by atoms with Gasteiger partial charge in [-0.2, -0.15) is 0 Å². The Morgan fingerprint density at radius 3 is 0.791 bits per heavy atom. The van der Waals surface area contributed by atoms with Gasteiger partial charge in [0, 0.05) is 19.3 Å². The van der Waals surface area contributed by atoms with Gasteiger partial charge < -0.3 is 14.2 Å². The lowest BCUT2D eigenvalue weighted by molar-refractivity contribution is -0.167. The van der Waals surface area contributed by atoms with Crippen LogP contribution in [0.2, 0.25) is 0 Å². The van der Waals surface area contributed by atoms with Gasteiger partial charge in [-0.05, 0) is 83.5 Å². The molecule has 0 amide bonds. The fraction of sp³-hybridized carbons (Fsp3) is 0.852. The summed E-state index contributed by atoms with van der Waals surface area (Å²) in [6, 6.07) is 0. The lowest BCUT2D eigenvalue weighted by atomic mass is 10.0. The van der Waals surface area contributed by atoms with E-state index in [0.717, 1.165) is 77.0 Å². The summed E-state index contributed by atoms with van der Waals surface area (Å²) >= 11 is 0. The molecule has 0 radical (unpaired) electrons. The summed E-state index contributed by atoms with van der Waals surface area (Å²) in [5.41, 5.74) is 0. The van der Waals surface area contributed by atoms with E-state index in [2.05, 4.69) is 57.2 Å². The summed E-state index contributed by atoms with van der Waals surface area (Å²) in [6.07, 6.45) is 67.3. The summed E-state index contributed by atoms with van der Waals surface area (Å²) in [5, 5.41) is 0. The van der Waals surface area contributed by atoms with Crippen LogP contribution in [0.15, 0.2) is 36.5 Å². The van der Waals surface area contributed by atoms with Crippen molar-refractivity contribution in [3.8, 4) is 0 Å². The number of carbonyl (C=O) groups excluding carboxylic acids is 3. The van der Waals surface area contributed by atoms with E-state index in [1.165, 1.54) is 199 Å². The van der Waals surface area contributed by atoms with Gasteiger partial charge in [0.25, 0.3) is 0 Å². The second kappa shape index (κ2) is 56.2. The van der Waals surface area contributed by atoms with Gasteiger partial charge in [0.05, 0.1) is 0 Å². The summed E-state index contributed by atoms with van der Waals surface area (Å²) in [6.45, 7) is 6.58. The van der Waals surface area contributed by atoms with Gasteiger partial charge in [-0.25, -0.2) is 0 Å². The third-order valence-electron chi connectivity index (χ3n) is 13.1. The zero-order chi connectivity index (χ0) is 48.6. The minimum absolute atomic E-state index is 0.0756. The van der Waals surface area contributed by atoms with Crippen molar-refractivity contribution >= 4 is 17.9 Å². The first-order valence-corrected chi connectivity index (χ1v) is 29.5. The predicted molar refractivity (Wildman–Crippen MR) is 289 cm³/mol. The first-order valence-electron chi connectivity index (χ1n) is 29.5. The number of carbonyl (C=O) groups is 3. The Hall–Kier alpha value is -2.37. The van der Waals surface area contributed by atoms with Gasteiger partial charge in [-0.15, -0.1) is 0 Å². The largest absolute Gasteiger partial charge is 0.462 e. The molecule has 6 nitrogen and oxygen atoms in total. The molecule has 0 aromatic rings. The quantitative estimate of drug-likeness (QED) is 0.0262. The predicted octanol–water partition coefficient (Wildman–Crippen LogP) is 19.7. The van der Waals surface area contributed by atoms with Gasteiger partial charge in [0.2, 0.25) is 0 Å². The summed E-state index contributed by atoms with van der Waals surface area (Å²) in [5.74, 6) is -0.883. The normalized spacial score (nSPS) is 12.2. The van der Waals surface area contributed by atoms with Crippen molar-refractivity contribution in [3.05, 3.63) is 36.5 Å². The summed E-state index contributed by atoms with van der Waals surface area (Å²) in [4.78, 5) is 38.0. The molecule has 6 heteroatoms. The van der Waals surface area contributed by atoms with Crippen molar-refractivity contribution in [1.29, 1.82) is 0 Å². The van der Waals surface area contributed by atoms with Crippen LogP contribution < -0.4 is 0 Å². The van der Waals surface area contributed by atoms with Gasteiger partial charge in [-0.1, -0.05) is 250 Å². The average Bonchev–Trinajstić information content (AvgIpc) is 3.33. The van der Waals surface area contributed by atoms with Crippen LogP contribution in [0.3, 0.4) is 0 Å². The van der Waals surface area contributed by atoms with Crippen LogP contribution in [0, 0.1) is 0 Å². The Kier molecular flexibility index (Phi) is 54.2. The van der Waals surface area contributed by atoms with Gasteiger partial charge in [-0.3, -0.25) is 14.4 Å². The molecule has 0 rings (SSSR count). The van der Waals surface area contributed by atoms with Crippen LogP contribution in [-0.2, 0) is 28.6 Å². The van der Waals surface area contributed by atoms with E-state index >= 15 is 0 Å². The van der Waals surface area contributed by atoms with Gasteiger partial charge in [0.15, 0.2) is 6.10 Å². The maximum Gasteiger partial charge on any atom is 0.306 e. The van der Waals surface area contributed by atoms with Crippen molar-refractivity contribution in [2.75, 3.05) is 13.2 Å². The fourth-order valence-corrected chi connectivity index (χ4v) is 8.58. The number of allylic oxidation sites excluding steroid dienone is 6. The van der Waals surface area contributed by atoms with E-state index < -0.39 is 6.10 Å². The summed E-state index contributed by atoms with van der Waals surface area (Å²) < 4.78 is 16.8. The molecule has 0 N–H and O–H groups in total. The topological polar surface area (TPSA) is 78.9 Å². The van der Waals surface area contributed by atoms with E-state index in [9.17, 15) is 14.4 Å². The second-order valence-corrected chi connectivity index (χ2v) is 19.9. The molecule has 0 spiro atoms. The molecule has 0 heterocycles. The van der Waals surface area contributed by atoms with Gasteiger partial charge in [0.1, 0.15) is 13.2 Å². The van der Waals surface area contributed by atoms with Crippen molar-refractivity contribution < 1.29 is 28.6 Å². The van der Waals surface area contributed by atoms with Crippen LogP contribution in [0.1, 0.15) is 316 Å².